The van der Waals surface area contributed by atoms with Crippen LogP contribution in [-0.4, -0.2) is 24.3 Å². The molecule has 1 rings (SSSR count). The minimum Gasteiger partial charge on any atom is -0.396 e. The molecule has 0 radical (unpaired) electrons. The molecule has 0 saturated heterocycles. The van der Waals surface area contributed by atoms with Crippen LogP contribution in [0, 0.1) is 11.3 Å². The summed E-state index contributed by atoms with van der Waals surface area (Å²) in [7, 11) is 0. The third kappa shape index (κ3) is 5.39. The van der Waals surface area contributed by atoms with Gasteiger partial charge >= 0.3 is 0 Å². The molecule has 2 heteroatoms. The second-order valence-corrected chi connectivity index (χ2v) is 6.45. The van der Waals surface area contributed by atoms with Crippen LogP contribution >= 0.6 is 0 Å². The molecule has 1 atom stereocenters. The SMILES string of the molecule is CC(C)CC(C)NCC1(CCO)CCCCC1. The molecule has 2 nitrogen and oxygen atoms in total. The summed E-state index contributed by atoms with van der Waals surface area (Å²) in [5, 5.41) is 13.0. The van der Waals surface area contributed by atoms with Crippen molar-refractivity contribution >= 4 is 0 Å². The molecule has 0 bridgehead atoms. The van der Waals surface area contributed by atoms with Crippen molar-refractivity contribution < 1.29 is 5.11 Å². The predicted octanol–water partition coefficient (Wildman–Crippen LogP) is 3.34. The summed E-state index contributed by atoms with van der Waals surface area (Å²) in [5.41, 5.74) is 0.387. The molecular weight excluding hydrogens is 210 g/mol. The van der Waals surface area contributed by atoms with Gasteiger partial charge in [0, 0.05) is 19.2 Å². The first-order chi connectivity index (χ1) is 8.08. The van der Waals surface area contributed by atoms with Gasteiger partial charge in [0.25, 0.3) is 0 Å². The average Bonchev–Trinajstić information content (AvgIpc) is 2.27. The van der Waals surface area contributed by atoms with Gasteiger partial charge in [-0.2, -0.15) is 0 Å². The fraction of sp³-hybridized carbons (Fsp3) is 1.00. The molecule has 1 aliphatic carbocycles. The van der Waals surface area contributed by atoms with E-state index in [1.807, 2.05) is 0 Å². The maximum Gasteiger partial charge on any atom is 0.0436 e. The van der Waals surface area contributed by atoms with Crippen LogP contribution in [-0.2, 0) is 0 Å². The molecule has 0 spiro atoms. The molecule has 0 aromatic heterocycles. The van der Waals surface area contributed by atoms with Crippen molar-refractivity contribution in [3.63, 3.8) is 0 Å². The van der Waals surface area contributed by atoms with Gasteiger partial charge in [0.1, 0.15) is 0 Å². The van der Waals surface area contributed by atoms with E-state index in [0.29, 0.717) is 18.1 Å². The largest absolute Gasteiger partial charge is 0.396 e. The van der Waals surface area contributed by atoms with Crippen molar-refractivity contribution in [1.82, 2.24) is 5.32 Å². The number of rotatable bonds is 7. The maximum absolute atomic E-state index is 9.27. The molecule has 0 aliphatic heterocycles. The summed E-state index contributed by atoms with van der Waals surface area (Å²) in [6.07, 6.45) is 8.91. The van der Waals surface area contributed by atoms with Gasteiger partial charge in [0.15, 0.2) is 0 Å². The first kappa shape index (κ1) is 15.0. The molecule has 1 unspecified atom stereocenters. The first-order valence-electron chi connectivity index (χ1n) is 7.42. The Morgan fingerprint density at radius 3 is 2.29 bits per heavy atom. The Labute approximate surface area is 107 Å². The highest BCUT2D eigenvalue weighted by Crippen LogP contribution is 2.38. The third-order valence-corrected chi connectivity index (χ3v) is 4.21. The fourth-order valence-corrected chi connectivity index (χ4v) is 3.24. The van der Waals surface area contributed by atoms with Crippen LogP contribution in [0.4, 0.5) is 0 Å². The Bertz CT molecular complexity index is 192. The topological polar surface area (TPSA) is 32.3 Å². The molecule has 17 heavy (non-hydrogen) atoms. The summed E-state index contributed by atoms with van der Waals surface area (Å²) in [6, 6.07) is 0.604. The molecular formula is C15H31NO. The first-order valence-corrected chi connectivity index (χ1v) is 7.42. The quantitative estimate of drug-likeness (QED) is 0.716. The van der Waals surface area contributed by atoms with E-state index in [9.17, 15) is 5.11 Å². The molecule has 0 aromatic carbocycles. The van der Waals surface area contributed by atoms with Gasteiger partial charge in [-0.3, -0.25) is 0 Å². The zero-order valence-corrected chi connectivity index (χ0v) is 12.0. The van der Waals surface area contributed by atoms with E-state index in [2.05, 4.69) is 26.1 Å². The van der Waals surface area contributed by atoms with Crippen molar-refractivity contribution in [2.75, 3.05) is 13.2 Å². The van der Waals surface area contributed by atoms with Gasteiger partial charge in [-0.25, -0.2) is 0 Å². The summed E-state index contributed by atoms with van der Waals surface area (Å²) < 4.78 is 0. The fourth-order valence-electron chi connectivity index (χ4n) is 3.24. The highest BCUT2D eigenvalue weighted by molar-refractivity contribution is 4.85. The Hall–Kier alpha value is -0.0800. The lowest BCUT2D eigenvalue weighted by atomic mass is 9.72. The smallest absolute Gasteiger partial charge is 0.0436 e. The van der Waals surface area contributed by atoms with Crippen LogP contribution in [0.5, 0.6) is 0 Å². The Balaban J connectivity index is 2.38. The normalized spacial score (nSPS) is 21.7. The molecule has 1 fully saturated rings. The molecule has 102 valence electrons. The van der Waals surface area contributed by atoms with Crippen LogP contribution in [0.3, 0.4) is 0 Å². The number of nitrogens with one attached hydrogen (secondary N) is 1. The number of hydrogen-bond donors (Lipinski definition) is 2. The van der Waals surface area contributed by atoms with Crippen molar-refractivity contribution in [3.05, 3.63) is 0 Å². The number of aliphatic hydroxyl groups is 1. The van der Waals surface area contributed by atoms with Crippen molar-refractivity contribution in [2.45, 2.75) is 71.8 Å². The summed E-state index contributed by atoms with van der Waals surface area (Å²) >= 11 is 0. The molecule has 0 amide bonds. The average molecular weight is 241 g/mol. The molecule has 0 aromatic rings. The monoisotopic (exact) mass is 241 g/mol. The van der Waals surface area contributed by atoms with Gasteiger partial charge in [0.2, 0.25) is 0 Å². The van der Waals surface area contributed by atoms with Gasteiger partial charge in [-0.15, -0.1) is 0 Å². The van der Waals surface area contributed by atoms with E-state index in [-0.39, 0.29) is 0 Å². The molecule has 1 saturated carbocycles. The number of aliphatic hydroxyl groups excluding tert-OH is 1. The van der Waals surface area contributed by atoms with E-state index < -0.39 is 0 Å². The minimum absolute atomic E-state index is 0.347. The molecule has 2 N–H and O–H groups in total. The van der Waals surface area contributed by atoms with Crippen LogP contribution in [0.2, 0.25) is 0 Å². The molecule has 1 aliphatic rings. The van der Waals surface area contributed by atoms with E-state index >= 15 is 0 Å². The summed E-state index contributed by atoms with van der Waals surface area (Å²) in [6.45, 7) is 8.29. The van der Waals surface area contributed by atoms with E-state index in [1.165, 1.54) is 38.5 Å². The van der Waals surface area contributed by atoms with E-state index in [0.717, 1.165) is 18.9 Å². The van der Waals surface area contributed by atoms with Crippen LogP contribution in [0.25, 0.3) is 0 Å². The van der Waals surface area contributed by atoms with Crippen LogP contribution in [0.15, 0.2) is 0 Å². The highest BCUT2D eigenvalue weighted by atomic mass is 16.3. The Morgan fingerprint density at radius 1 is 1.12 bits per heavy atom. The van der Waals surface area contributed by atoms with E-state index in [4.69, 9.17) is 0 Å². The summed E-state index contributed by atoms with van der Waals surface area (Å²) in [4.78, 5) is 0. The van der Waals surface area contributed by atoms with Crippen molar-refractivity contribution in [2.24, 2.45) is 11.3 Å². The van der Waals surface area contributed by atoms with Gasteiger partial charge in [-0.05, 0) is 43.9 Å². The number of hydrogen-bond acceptors (Lipinski definition) is 2. The van der Waals surface area contributed by atoms with Gasteiger partial charge in [-0.1, -0.05) is 33.1 Å². The van der Waals surface area contributed by atoms with Crippen molar-refractivity contribution in [1.29, 1.82) is 0 Å². The second kappa shape index (κ2) is 7.38. The summed E-state index contributed by atoms with van der Waals surface area (Å²) in [5.74, 6) is 0.762. The Kier molecular flexibility index (Phi) is 6.50. The second-order valence-electron chi connectivity index (χ2n) is 6.45. The van der Waals surface area contributed by atoms with Crippen molar-refractivity contribution in [3.8, 4) is 0 Å². The lowest BCUT2D eigenvalue weighted by molar-refractivity contribution is 0.122. The third-order valence-electron chi connectivity index (χ3n) is 4.21. The predicted molar refractivity (Wildman–Crippen MR) is 74.1 cm³/mol. The van der Waals surface area contributed by atoms with Crippen LogP contribution in [0.1, 0.15) is 65.7 Å². The highest BCUT2D eigenvalue weighted by Gasteiger charge is 2.31. The van der Waals surface area contributed by atoms with Gasteiger partial charge < -0.3 is 10.4 Å². The standard InChI is InChI=1S/C15H31NO/c1-13(2)11-14(3)16-12-15(9-10-17)7-5-4-6-8-15/h13-14,16-17H,4-12H2,1-3H3. The Morgan fingerprint density at radius 2 is 1.76 bits per heavy atom. The lowest BCUT2D eigenvalue weighted by Crippen LogP contribution is -2.41. The van der Waals surface area contributed by atoms with Gasteiger partial charge in [0.05, 0.1) is 0 Å². The van der Waals surface area contributed by atoms with Crippen LogP contribution < -0.4 is 5.32 Å². The molecule has 0 heterocycles. The minimum atomic E-state index is 0.347. The maximum atomic E-state index is 9.27. The zero-order chi connectivity index (χ0) is 12.7. The lowest BCUT2D eigenvalue weighted by Gasteiger charge is -2.38. The zero-order valence-electron chi connectivity index (χ0n) is 12.0. The van der Waals surface area contributed by atoms with E-state index in [1.54, 1.807) is 0 Å².